The molecule has 5 heteroatoms. The van der Waals surface area contributed by atoms with Gasteiger partial charge in [-0.1, -0.05) is 23.7 Å². The largest absolute Gasteiger partial charge is 0.338 e. The van der Waals surface area contributed by atoms with E-state index in [1.807, 2.05) is 24.3 Å². The predicted molar refractivity (Wildman–Crippen MR) is 78.4 cm³/mol. The van der Waals surface area contributed by atoms with Crippen molar-refractivity contribution in [2.45, 2.75) is 26.3 Å². The van der Waals surface area contributed by atoms with Crippen LogP contribution in [0.25, 0.3) is 11.4 Å². The number of piperidine rings is 1. The average molecular weight is 292 g/mol. The van der Waals surface area contributed by atoms with Gasteiger partial charge >= 0.3 is 0 Å². The molecule has 1 aromatic heterocycles. The van der Waals surface area contributed by atoms with Crippen molar-refractivity contribution in [2.75, 3.05) is 13.1 Å². The van der Waals surface area contributed by atoms with Crippen molar-refractivity contribution in [1.29, 1.82) is 0 Å². The monoisotopic (exact) mass is 291 g/mol. The van der Waals surface area contributed by atoms with E-state index >= 15 is 0 Å². The Bertz CT molecular complexity index is 567. The van der Waals surface area contributed by atoms with Gasteiger partial charge in [-0.05, 0) is 49.6 Å². The molecule has 0 spiro atoms. The summed E-state index contributed by atoms with van der Waals surface area (Å²) < 4.78 is 5.35. The highest BCUT2D eigenvalue weighted by Crippen LogP contribution is 2.21. The Labute approximate surface area is 123 Å². The van der Waals surface area contributed by atoms with Crippen LogP contribution < -0.4 is 0 Å². The van der Waals surface area contributed by atoms with Crippen LogP contribution >= 0.6 is 11.6 Å². The Balaban J connectivity index is 1.69. The lowest BCUT2D eigenvalue weighted by atomic mass is 10.0. The van der Waals surface area contributed by atoms with E-state index in [4.69, 9.17) is 16.1 Å². The van der Waals surface area contributed by atoms with Crippen LogP contribution in [0.2, 0.25) is 5.02 Å². The van der Waals surface area contributed by atoms with E-state index in [1.54, 1.807) is 0 Å². The van der Waals surface area contributed by atoms with Gasteiger partial charge in [-0.25, -0.2) is 0 Å². The van der Waals surface area contributed by atoms with Gasteiger partial charge in [0.2, 0.25) is 11.7 Å². The number of nitrogens with zero attached hydrogens (tertiary/aromatic N) is 3. The van der Waals surface area contributed by atoms with Crippen molar-refractivity contribution >= 4 is 11.6 Å². The predicted octanol–water partition coefficient (Wildman–Crippen LogP) is 3.62. The highest BCUT2D eigenvalue weighted by molar-refractivity contribution is 6.30. The van der Waals surface area contributed by atoms with E-state index in [2.05, 4.69) is 22.0 Å². The van der Waals surface area contributed by atoms with Crippen molar-refractivity contribution in [1.82, 2.24) is 15.0 Å². The molecule has 0 N–H and O–H groups in total. The normalized spacial score (nSPS) is 20.2. The zero-order valence-corrected chi connectivity index (χ0v) is 12.3. The number of aromatic nitrogens is 2. The van der Waals surface area contributed by atoms with Crippen LogP contribution in [0.5, 0.6) is 0 Å². The molecule has 1 aromatic carbocycles. The minimum Gasteiger partial charge on any atom is -0.338 e. The molecule has 1 saturated heterocycles. The molecule has 1 fully saturated rings. The molecule has 0 saturated carbocycles. The van der Waals surface area contributed by atoms with Gasteiger partial charge in [0.15, 0.2) is 0 Å². The van der Waals surface area contributed by atoms with Crippen LogP contribution in [0.1, 0.15) is 25.7 Å². The standard InChI is InChI=1S/C15H18ClN3O/c1-11-3-2-8-19(9-11)10-14-17-15(18-20-14)12-4-6-13(16)7-5-12/h4-7,11H,2-3,8-10H2,1H3/t11-/m1/s1. The zero-order chi connectivity index (χ0) is 13.9. The van der Waals surface area contributed by atoms with Gasteiger partial charge in [0.05, 0.1) is 6.54 Å². The molecule has 1 aliphatic rings. The van der Waals surface area contributed by atoms with E-state index in [-0.39, 0.29) is 0 Å². The zero-order valence-electron chi connectivity index (χ0n) is 11.6. The first-order valence-electron chi connectivity index (χ1n) is 7.01. The maximum absolute atomic E-state index is 5.88. The third-order valence-electron chi connectivity index (χ3n) is 3.67. The summed E-state index contributed by atoms with van der Waals surface area (Å²) in [6.45, 7) is 5.26. The highest BCUT2D eigenvalue weighted by Gasteiger charge is 2.19. The maximum atomic E-state index is 5.88. The SMILES string of the molecule is C[C@@H]1CCCN(Cc2nc(-c3ccc(Cl)cc3)no2)C1. The average Bonchev–Trinajstić information content (AvgIpc) is 2.88. The Hall–Kier alpha value is -1.39. The van der Waals surface area contributed by atoms with Gasteiger partial charge in [-0.3, -0.25) is 4.90 Å². The Morgan fingerprint density at radius 3 is 2.90 bits per heavy atom. The molecule has 0 radical (unpaired) electrons. The van der Waals surface area contributed by atoms with Crippen LogP contribution in [0.4, 0.5) is 0 Å². The Morgan fingerprint density at radius 2 is 2.15 bits per heavy atom. The molecule has 2 aromatic rings. The van der Waals surface area contributed by atoms with Gasteiger partial charge in [0, 0.05) is 17.1 Å². The molecule has 0 amide bonds. The van der Waals surface area contributed by atoms with Crippen LogP contribution in [-0.4, -0.2) is 28.1 Å². The van der Waals surface area contributed by atoms with Crippen molar-refractivity contribution in [2.24, 2.45) is 5.92 Å². The first-order chi connectivity index (χ1) is 9.70. The summed E-state index contributed by atoms with van der Waals surface area (Å²) in [5, 5.41) is 4.75. The molecule has 20 heavy (non-hydrogen) atoms. The quantitative estimate of drug-likeness (QED) is 0.866. The first-order valence-corrected chi connectivity index (χ1v) is 7.39. The van der Waals surface area contributed by atoms with Crippen molar-refractivity contribution in [3.63, 3.8) is 0 Å². The molecule has 0 bridgehead atoms. The van der Waals surface area contributed by atoms with E-state index < -0.39 is 0 Å². The second kappa shape index (κ2) is 5.94. The molecule has 1 atom stereocenters. The lowest BCUT2D eigenvalue weighted by Gasteiger charge is -2.29. The van der Waals surface area contributed by atoms with Gasteiger partial charge in [0.1, 0.15) is 0 Å². The number of rotatable bonds is 3. The second-order valence-corrected chi connectivity index (χ2v) is 5.94. The number of benzene rings is 1. The minimum atomic E-state index is 0.627. The van der Waals surface area contributed by atoms with Crippen LogP contribution in [-0.2, 0) is 6.54 Å². The molecule has 3 rings (SSSR count). The number of likely N-dealkylation sites (tertiary alicyclic amines) is 1. The summed E-state index contributed by atoms with van der Waals surface area (Å²) in [4.78, 5) is 6.85. The fraction of sp³-hybridized carbons (Fsp3) is 0.467. The first kappa shape index (κ1) is 13.6. The molecule has 0 aliphatic carbocycles. The van der Waals surface area contributed by atoms with Gasteiger partial charge in [-0.15, -0.1) is 0 Å². The van der Waals surface area contributed by atoms with Gasteiger partial charge < -0.3 is 4.52 Å². The molecular weight excluding hydrogens is 274 g/mol. The smallest absolute Gasteiger partial charge is 0.241 e. The lowest BCUT2D eigenvalue weighted by molar-refractivity contribution is 0.157. The van der Waals surface area contributed by atoms with Gasteiger partial charge in [-0.2, -0.15) is 4.98 Å². The summed E-state index contributed by atoms with van der Waals surface area (Å²) in [5.74, 6) is 2.06. The fourth-order valence-electron chi connectivity index (χ4n) is 2.66. The summed E-state index contributed by atoms with van der Waals surface area (Å²) in [5.41, 5.74) is 0.927. The highest BCUT2D eigenvalue weighted by atomic mass is 35.5. The summed E-state index contributed by atoms with van der Waals surface area (Å²) in [6, 6.07) is 7.47. The van der Waals surface area contributed by atoms with Crippen LogP contribution in [0.3, 0.4) is 0 Å². The number of halogens is 1. The van der Waals surface area contributed by atoms with Crippen LogP contribution in [0.15, 0.2) is 28.8 Å². The van der Waals surface area contributed by atoms with E-state index in [0.717, 1.165) is 31.1 Å². The van der Waals surface area contributed by atoms with Crippen molar-refractivity contribution < 1.29 is 4.52 Å². The topological polar surface area (TPSA) is 42.2 Å². The third kappa shape index (κ3) is 3.19. The summed E-state index contributed by atoms with van der Waals surface area (Å²) >= 11 is 5.88. The number of hydrogen-bond donors (Lipinski definition) is 0. The van der Waals surface area contributed by atoms with Gasteiger partial charge in [0.25, 0.3) is 0 Å². The lowest BCUT2D eigenvalue weighted by Crippen LogP contribution is -2.33. The molecule has 1 aliphatic heterocycles. The van der Waals surface area contributed by atoms with E-state index in [1.165, 1.54) is 12.8 Å². The maximum Gasteiger partial charge on any atom is 0.241 e. The fourth-order valence-corrected chi connectivity index (χ4v) is 2.78. The molecule has 106 valence electrons. The van der Waals surface area contributed by atoms with E-state index in [9.17, 15) is 0 Å². The molecule has 4 nitrogen and oxygen atoms in total. The summed E-state index contributed by atoms with van der Waals surface area (Å²) in [7, 11) is 0. The second-order valence-electron chi connectivity index (χ2n) is 5.50. The molecule has 2 heterocycles. The summed E-state index contributed by atoms with van der Waals surface area (Å²) in [6.07, 6.45) is 2.57. The van der Waals surface area contributed by atoms with Crippen molar-refractivity contribution in [3.8, 4) is 11.4 Å². The van der Waals surface area contributed by atoms with Crippen molar-refractivity contribution in [3.05, 3.63) is 35.2 Å². The van der Waals surface area contributed by atoms with E-state index in [0.29, 0.717) is 16.7 Å². The minimum absolute atomic E-state index is 0.627. The van der Waals surface area contributed by atoms with Crippen LogP contribution in [0, 0.1) is 5.92 Å². The number of hydrogen-bond acceptors (Lipinski definition) is 4. The Kier molecular flexibility index (Phi) is 4.03. The Morgan fingerprint density at radius 1 is 1.35 bits per heavy atom. The molecule has 0 unspecified atom stereocenters. The third-order valence-corrected chi connectivity index (χ3v) is 3.92. The molecular formula is C15H18ClN3O.